The SMILES string of the molecule is COC(=O)c1ncn(CN2CCN(CCC(C)C)CC2)n1. The predicted molar refractivity (Wildman–Crippen MR) is 78.8 cm³/mol. The minimum atomic E-state index is -0.493. The van der Waals surface area contributed by atoms with Crippen molar-refractivity contribution < 1.29 is 9.53 Å². The molecule has 1 aromatic rings. The van der Waals surface area contributed by atoms with Gasteiger partial charge in [-0.05, 0) is 18.9 Å². The maximum absolute atomic E-state index is 11.3. The highest BCUT2D eigenvalue weighted by atomic mass is 16.5. The van der Waals surface area contributed by atoms with Crippen molar-refractivity contribution in [2.45, 2.75) is 26.9 Å². The summed E-state index contributed by atoms with van der Waals surface area (Å²) in [5, 5.41) is 4.13. The van der Waals surface area contributed by atoms with Gasteiger partial charge in [-0.2, -0.15) is 0 Å². The smallest absolute Gasteiger partial charge is 0.377 e. The maximum Gasteiger partial charge on any atom is 0.377 e. The van der Waals surface area contributed by atoms with Crippen LogP contribution in [0.1, 0.15) is 30.9 Å². The van der Waals surface area contributed by atoms with E-state index < -0.39 is 5.97 Å². The van der Waals surface area contributed by atoms with Crippen LogP contribution in [0.5, 0.6) is 0 Å². The van der Waals surface area contributed by atoms with Gasteiger partial charge in [-0.3, -0.25) is 4.90 Å². The number of esters is 1. The van der Waals surface area contributed by atoms with Gasteiger partial charge in [0.15, 0.2) is 0 Å². The highest BCUT2D eigenvalue weighted by Gasteiger charge is 2.18. The van der Waals surface area contributed by atoms with E-state index in [1.54, 1.807) is 11.0 Å². The molecule has 118 valence electrons. The fraction of sp³-hybridized carbons (Fsp3) is 0.786. The first-order valence-electron chi connectivity index (χ1n) is 7.51. The van der Waals surface area contributed by atoms with Gasteiger partial charge in [-0.25, -0.2) is 14.5 Å². The molecule has 0 saturated carbocycles. The monoisotopic (exact) mass is 295 g/mol. The molecule has 0 bridgehead atoms. The number of carbonyl (C=O) groups is 1. The van der Waals surface area contributed by atoms with Crippen LogP contribution in [0.15, 0.2) is 6.33 Å². The Balaban J connectivity index is 1.75. The van der Waals surface area contributed by atoms with Gasteiger partial charge in [-0.1, -0.05) is 13.8 Å². The third-order valence-electron chi connectivity index (χ3n) is 3.74. The average molecular weight is 295 g/mol. The second kappa shape index (κ2) is 7.51. The summed E-state index contributed by atoms with van der Waals surface area (Å²) in [6.45, 7) is 10.6. The second-order valence-corrected chi connectivity index (χ2v) is 5.88. The molecule has 2 rings (SSSR count). The molecule has 2 heterocycles. The highest BCUT2D eigenvalue weighted by Crippen LogP contribution is 2.07. The Kier molecular flexibility index (Phi) is 5.69. The van der Waals surface area contributed by atoms with Crippen LogP contribution in [0.25, 0.3) is 0 Å². The van der Waals surface area contributed by atoms with E-state index in [1.807, 2.05) is 0 Å². The topological polar surface area (TPSA) is 63.5 Å². The molecule has 0 atom stereocenters. The molecule has 1 aliphatic rings. The second-order valence-electron chi connectivity index (χ2n) is 5.88. The molecule has 0 aromatic carbocycles. The summed E-state index contributed by atoms with van der Waals surface area (Å²) in [6.07, 6.45) is 2.84. The number of carbonyl (C=O) groups excluding carboxylic acids is 1. The maximum atomic E-state index is 11.3. The van der Waals surface area contributed by atoms with E-state index in [4.69, 9.17) is 0 Å². The first-order chi connectivity index (χ1) is 10.1. The van der Waals surface area contributed by atoms with Gasteiger partial charge in [0.05, 0.1) is 13.8 Å². The van der Waals surface area contributed by atoms with Crippen molar-refractivity contribution in [1.29, 1.82) is 0 Å². The molecule has 21 heavy (non-hydrogen) atoms. The summed E-state index contributed by atoms with van der Waals surface area (Å²) >= 11 is 0. The quantitative estimate of drug-likeness (QED) is 0.719. The lowest BCUT2D eigenvalue weighted by Gasteiger charge is -2.34. The number of hydrogen-bond acceptors (Lipinski definition) is 6. The zero-order valence-corrected chi connectivity index (χ0v) is 13.2. The van der Waals surface area contributed by atoms with Crippen LogP contribution in [0.2, 0.25) is 0 Å². The van der Waals surface area contributed by atoms with Gasteiger partial charge in [0, 0.05) is 26.2 Å². The van der Waals surface area contributed by atoms with Gasteiger partial charge in [0.2, 0.25) is 0 Å². The first-order valence-corrected chi connectivity index (χ1v) is 7.51. The van der Waals surface area contributed by atoms with E-state index in [-0.39, 0.29) is 5.82 Å². The lowest BCUT2D eigenvalue weighted by molar-refractivity contribution is 0.0584. The van der Waals surface area contributed by atoms with Gasteiger partial charge in [0.1, 0.15) is 6.33 Å². The molecule has 0 spiro atoms. The normalized spacial score (nSPS) is 17.3. The average Bonchev–Trinajstić information content (AvgIpc) is 2.94. The number of piperazine rings is 1. The highest BCUT2D eigenvalue weighted by molar-refractivity contribution is 5.84. The van der Waals surface area contributed by atoms with E-state index >= 15 is 0 Å². The largest absolute Gasteiger partial charge is 0.463 e. The Morgan fingerprint density at radius 1 is 1.29 bits per heavy atom. The number of nitrogens with zero attached hydrogens (tertiary/aromatic N) is 5. The number of rotatable bonds is 6. The molecule has 0 N–H and O–H groups in total. The van der Waals surface area contributed by atoms with Crippen molar-refractivity contribution in [1.82, 2.24) is 24.6 Å². The minimum absolute atomic E-state index is 0.119. The summed E-state index contributed by atoms with van der Waals surface area (Å²) in [6, 6.07) is 0. The summed E-state index contributed by atoms with van der Waals surface area (Å²) in [7, 11) is 1.33. The summed E-state index contributed by atoms with van der Waals surface area (Å²) in [4.78, 5) is 20.1. The van der Waals surface area contributed by atoms with Crippen LogP contribution >= 0.6 is 0 Å². The molecular weight excluding hydrogens is 270 g/mol. The third kappa shape index (κ3) is 4.78. The zero-order chi connectivity index (χ0) is 15.2. The third-order valence-corrected chi connectivity index (χ3v) is 3.74. The number of ether oxygens (including phenoxy) is 1. The van der Waals surface area contributed by atoms with Gasteiger partial charge < -0.3 is 9.64 Å². The van der Waals surface area contributed by atoms with Crippen LogP contribution < -0.4 is 0 Å². The lowest BCUT2D eigenvalue weighted by atomic mass is 10.1. The van der Waals surface area contributed by atoms with Gasteiger partial charge in [0.25, 0.3) is 5.82 Å². The van der Waals surface area contributed by atoms with Crippen LogP contribution in [0, 0.1) is 5.92 Å². The Bertz CT molecular complexity index is 452. The van der Waals surface area contributed by atoms with Crippen LogP contribution in [-0.2, 0) is 11.4 Å². The Morgan fingerprint density at radius 2 is 1.95 bits per heavy atom. The van der Waals surface area contributed by atoms with E-state index in [0.717, 1.165) is 32.1 Å². The molecule has 0 radical (unpaired) electrons. The number of aromatic nitrogens is 3. The van der Waals surface area contributed by atoms with E-state index in [9.17, 15) is 4.79 Å². The van der Waals surface area contributed by atoms with E-state index in [2.05, 4.69) is 38.5 Å². The molecular formula is C14H25N5O2. The summed E-state index contributed by atoms with van der Waals surface area (Å²) in [5.41, 5.74) is 0. The molecule has 0 unspecified atom stereocenters. The van der Waals surface area contributed by atoms with Crippen LogP contribution in [0.4, 0.5) is 0 Å². The Labute approximate surface area is 125 Å². The molecule has 0 aliphatic carbocycles. The molecule has 1 fully saturated rings. The molecule has 1 aliphatic heterocycles. The van der Waals surface area contributed by atoms with Gasteiger partial charge >= 0.3 is 5.97 Å². The lowest BCUT2D eigenvalue weighted by Crippen LogP contribution is -2.47. The summed E-state index contributed by atoms with van der Waals surface area (Å²) in [5.74, 6) is 0.384. The molecule has 7 heteroatoms. The van der Waals surface area contributed by atoms with E-state index in [0.29, 0.717) is 6.67 Å². The van der Waals surface area contributed by atoms with Crippen LogP contribution in [0.3, 0.4) is 0 Å². The van der Waals surface area contributed by atoms with Crippen molar-refractivity contribution in [3.8, 4) is 0 Å². The fourth-order valence-corrected chi connectivity index (χ4v) is 2.35. The van der Waals surface area contributed by atoms with Crippen LogP contribution in [-0.4, -0.2) is 70.4 Å². The Hall–Kier alpha value is -1.47. The van der Waals surface area contributed by atoms with Crippen molar-refractivity contribution in [3.05, 3.63) is 12.2 Å². The van der Waals surface area contributed by atoms with Crippen molar-refractivity contribution in [2.24, 2.45) is 5.92 Å². The van der Waals surface area contributed by atoms with Crippen molar-refractivity contribution in [2.75, 3.05) is 39.8 Å². The molecule has 1 aromatic heterocycles. The first kappa shape index (κ1) is 15.9. The predicted octanol–water partition coefficient (Wildman–Crippen LogP) is 0.686. The zero-order valence-electron chi connectivity index (χ0n) is 13.2. The van der Waals surface area contributed by atoms with Gasteiger partial charge in [-0.15, -0.1) is 5.10 Å². The van der Waals surface area contributed by atoms with Crippen molar-refractivity contribution >= 4 is 5.97 Å². The fourth-order valence-electron chi connectivity index (χ4n) is 2.35. The molecule has 7 nitrogen and oxygen atoms in total. The molecule has 1 saturated heterocycles. The molecule has 0 amide bonds. The Morgan fingerprint density at radius 3 is 2.57 bits per heavy atom. The summed E-state index contributed by atoms with van der Waals surface area (Å²) < 4.78 is 6.29. The van der Waals surface area contributed by atoms with Crippen molar-refractivity contribution in [3.63, 3.8) is 0 Å². The number of methoxy groups -OCH3 is 1. The number of hydrogen-bond donors (Lipinski definition) is 0. The van der Waals surface area contributed by atoms with E-state index in [1.165, 1.54) is 20.1 Å². The standard InChI is InChI=1S/C14H25N5O2/c1-12(2)4-5-17-6-8-18(9-7-17)11-19-10-15-13(16-19)14(20)21-3/h10,12H,4-9,11H2,1-3H3. The minimum Gasteiger partial charge on any atom is -0.463 e.